The first-order chi connectivity index (χ1) is 14.0. The topological polar surface area (TPSA) is 57.2 Å². The molecule has 29 heavy (non-hydrogen) atoms. The number of hydrogen-bond donors (Lipinski definition) is 1. The monoisotopic (exact) mass is 392 g/mol. The molecule has 0 spiro atoms. The normalized spacial score (nSPS) is 14.2. The van der Waals surface area contributed by atoms with Gasteiger partial charge in [0.1, 0.15) is 5.82 Å². The van der Waals surface area contributed by atoms with Crippen molar-refractivity contribution in [2.24, 2.45) is 0 Å². The van der Waals surface area contributed by atoms with Crippen LogP contribution in [0, 0.1) is 26.6 Å². The van der Waals surface area contributed by atoms with Crippen LogP contribution in [0.1, 0.15) is 16.7 Å². The molecule has 150 valence electrons. The zero-order valence-corrected chi connectivity index (χ0v) is 17.0. The van der Waals surface area contributed by atoms with E-state index in [1.54, 1.807) is 12.3 Å². The van der Waals surface area contributed by atoms with Gasteiger partial charge in [-0.1, -0.05) is 29.8 Å². The molecule has 2 heterocycles. The Morgan fingerprint density at radius 3 is 2.28 bits per heavy atom. The number of para-hydroxylation sites is 1. The van der Waals surface area contributed by atoms with E-state index in [4.69, 9.17) is 0 Å². The van der Waals surface area contributed by atoms with Crippen LogP contribution in [0.3, 0.4) is 0 Å². The highest BCUT2D eigenvalue weighted by Crippen LogP contribution is 2.26. The van der Waals surface area contributed by atoms with Gasteiger partial charge in [-0.3, -0.25) is 0 Å². The van der Waals surface area contributed by atoms with Crippen molar-refractivity contribution in [1.82, 2.24) is 15.2 Å². The molecule has 1 aliphatic heterocycles. The average Bonchev–Trinajstić information content (AvgIpc) is 2.71. The van der Waals surface area contributed by atoms with Gasteiger partial charge in [-0.25, -0.2) is 4.39 Å². The van der Waals surface area contributed by atoms with Crippen molar-refractivity contribution in [3.8, 4) is 0 Å². The van der Waals surface area contributed by atoms with E-state index in [9.17, 15) is 4.39 Å². The highest BCUT2D eigenvalue weighted by molar-refractivity contribution is 5.64. The van der Waals surface area contributed by atoms with Crippen molar-refractivity contribution >= 4 is 23.1 Å². The molecule has 0 atom stereocenters. The molecule has 1 saturated heterocycles. The smallest absolute Gasteiger partial charge is 0.249 e. The number of rotatable bonds is 4. The molecule has 0 radical (unpaired) electrons. The summed E-state index contributed by atoms with van der Waals surface area (Å²) in [6, 6.07) is 11.2. The summed E-state index contributed by atoms with van der Waals surface area (Å²) in [5.74, 6) is 1.08. The second-order valence-corrected chi connectivity index (χ2v) is 7.46. The number of anilines is 4. The number of aromatic nitrogens is 3. The summed E-state index contributed by atoms with van der Waals surface area (Å²) in [6.45, 7) is 9.17. The predicted molar refractivity (Wildman–Crippen MR) is 115 cm³/mol. The lowest BCUT2D eigenvalue weighted by molar-refractivity contribution is 0.595. The Hall–Kier alpha value is -3.22. The van der Waals surface area contributed by atoms with E-state index < -0.39 is 0 Å². The number of halogens is 1. The largest absolute Gasteiger partial charge is 0.366 e. The molecule has 0 saturated carbocycles. The zero-order valence-electron chi connectivity index (χ0n) is 17.0. The minimum atomic E-state index is -0.181. The number of nitrogens with one attached hydrogen (secondary N) is 1. The van der Waals surface area contributed by atoms with E-state index in [1.807, 2.05) is 12.1 Å². The Kier molecular flexibility index (Phi) is 5.29. The lowest BCUT2D eigenvalue weighted by Crippen LogP contribution is -2.47. The third-order valence-electron chi connectivity index (χ3n) is 5.26. The Balaban J connectivity index is 1.47. The van der Waals surface area contributed by atoms with Crippen molar-refractivity contribution in [2.75, 3.05) is 41.3 Å². The minimum absolute atomic E-state index is 0.181. The van der Waals surface area contributed by atoms with Gasteiger partial charge in [-0.2, -0.15) is 10.1 Å². The van der Waals surface area contributed by atoms with Crippen molar-refractivity contribution in [3.05, 3.63) is 65.1 Å². The second kappa shape index (κ2) is 8.03. The molecule has 3 aromatic rings. The molecule has 0 unspecified atom stereocenters. The third-order valence-corrected chi connectivity index (χ3v) is 5.26. The molecule has 0 bridgehead atoms. The molecule has 1 aromatic heterocycles. The number of piperazine rings is 1. The van der Waals surface area contributed by atoms with Crippen LogP contribution in [0.5, 0.6) is 0 Å². The van der Waals surface area contributed by atoms with Crippen molar-refractivity contribution in [3.63, 3.8) is 0 Å². The lowest BCUT2D eigenvalue weighted by atomic mass is 10.1. The van der Waals surface area contributed by atoms with Crippen LogP contribution >= 0.6 is 0 Å². The Bertz CT molecular complexity index is 991. The standard InChI is InChI=1S/C22H25FN6/c1-15-12-16(2)21(17(3)13-15)26-22-25-20(14-24-27-22)29-10-8-28(9-11-29)19-7-5-4-6-18(19)23/h4-7,12-14H,8-11H2,1-3H3,(H,25,26,27). The molecular weight excluding hydrogens is 367 g/mol. The molecule has 1 fully saturated rings. The van der Waals surface area contributed by atoms with Gasteiger partial charge < -0.3 is 15.1 Å². The first-order valence-corrected chi connectivity index (χ1v) is 9.80. The molecule has 1 aliphatic rings. The van der Waals surface area contributed by atoms with Crippen LogP contribution in [0.2, 0.25) is 0 Å². The molecule has 6 nitrogen and oxygen atoms in total. The fraction of sp³-hybridized carbons (Fsp3) is 0.318. The zero-order chi connectivity index (χ0) is 20.4. The summed E-state index contributed by atoms with van der Waals surface area (Å²) in [4.78, 5) is 8.89. The van der Waals surface area contributed by atoms with Crippen LogP contribution in [-0.2, 0) is 0 Å². The van der Waals surface area contributed by atoms with E-state index in [0.29, 0.717) is 11.6 Å². The van der Waals surface area contributed by atoms with Crippen LogP contribution in [0.15, 0.2) is 42.6 Å². The van der Waals surface area contributed by atoms with E-state index in [-0.39, 0.29) is 5.82 Å². The lowest BCUT2D eigenvalue weighted by Gasteiger charge is -2.36. The number of hydrogen-bond acceptors (Lipinski definition) is 6. The van der Waals surface area contributed by atoms with E-state index >= 15 is 0 Å². The molecule has 0 amide bonds. The quantitative estimate of drug-likeness (QED) is 0.724. The summed E-state index contributed by atoms with van der Waals surface area (Å²) in [5, 5.41) is 11.6. The molecular formula is C22H25FN6. The van der Waals surface area contributed by atoms with Gasteiger partial charge in [0.15, 0.2) is 5.82 Å². The van der Waals surface area contributed by atoms with E-state index in [2.05, 4.69) is 63.2 Å². The Morgan fingerprint density at radius 2 is 1.59 bits per heavy atom. The van der Waals surface area contributed by atoms with Gasteiger partial charge >= 0.3 is 0 Å². The summed E-state index contributed by atoms with van der Waals surface area (Å²) >= 11 is 0. The maximum absolute atomic E-state index is 14.1. The Labute approximate surface area is 170 Å². The summed E-state index contributed by atoms with van der Waals surface area (Å²) in [6.07, 6.45) is 1.68. The summed E-state index contributed by atoms with van der Waals surface area (Å²) in [7, 11) is 0. The van der Waals surface area contributed by atoms with Gasteiger partial charge in [0, 0.05) is 31.9 Å². The minimum Gasteiger partial charge on any atom is -0.366 e. The van der Waals surface area contributed by atoms with Crippen LogP contribution in [0.4, 0.5) is 27.5 Å². The summed E-state index contributed by atoms with van der Waals surface area (Å²) in [5.41, 5.74) is 5.19. The molecule has 7 heteroatoms. The van der Waals surface area contributed by atoms with Crippen LogP contribution in [0.25, 0.3) is 0 Å². The fourth-order valence-electron chi connectivity index (χ4n) is 3.87. The van der Waals surface area contributed by atoms with Crippen LogP contribution in [-0.4, -0.2) is 41.4 Å². The highest BCUT2D eigenvalue weighted by Gasteiger charge is 2.21. The maximum atomic E-state index is 14.1. The second-order valence-electron chi connectivity index (χ2n) is 7.46. The molecule has 1 N–H and O–H groups in total. The first-order valence-electron chi connectivity index (χ1n) is 9.80. The SMILES string of the molecule is Cc1cc(C)c(Nc2nncc(N3CCN(c4ccccc4F)CC3)n2)c(C)c1. The molecule has 2 aromatic carbocycles. The van der Waals surface area contributed by atoms with Crippen molar-refractivity contribution in [2.45, 2.75) is 20.8 Å². The van der Waals surface area contributed by atoms with Crippen molar-refractivity contribution in [1.29, 1.82) is 0 Å². The third kappa shape index (κ3) is 4.13. The van der Waals surface area contributed by atoms with Gasteiger partial charge in [0.2, 0.25) is 5.95 Å². The van der Waals surface area contributed by atoms with Gasteiger partial charge in [0.25, 0.3) is 0 Å². The highest BCUT2D eigenvalue weighted by atomic mass is 19.1. The van der Waals surface area contributed by atoms with Crippen LogP contribution < -0.4 is 15.1 Å². The fourth-order valence-corrected chi connectivity index (χ4v) is 3.87. The number of nitrogens with zero attached hydrogens (tertiary/aromatic N) is 5. The number of aryl methyl sites for hydroxylation is 3. The van der Waals surface area contributed by atoms with Crippen molar-refractivity contribution < 1.29 is 4.39 Å². The summed E-state index contributed by atoms with van der Waals surface area (Å²) < 4.78 is 14.1. The predicted octanol–water partition coefficient (Wildman–Crippen LogP) is 4.01. The van der Waals surface area contributed by atoms with Gasteiger partial charge in [-0.15, -0.1) is 5.10 Å². The van der Waals surface area contributed by atoms with E-state index in [0.717, 1.165) is 48.8 Å². The first kappa shape index (κ1) is 19.1. The molecule has 0 aliphatic carbocycles. The van der Waals surface area contributed by atoms with Gasteiger partial charge in [0.05, 0.1) is 11.9 Å². The van der Waals surface area contributed by atoms with E-state index in [1.165, 1.54) is 11.6 Å². The number of benzene rings is 2. The van der Waals surface area contributed by atoms with Gasteiger partial charge in [-0.05, 0) is 44.0 Å². The molecule has 4 rings (SSSR count). The average molecular weight is 392 g/mol. The maximum Gasteiger partial charge on any atom is 0.249 e. The Morgan fingerprint density at radius 1 is 0.931 bits per heavy atom.